The molecular formula is C22H22ClN3O4. The molecule has 2 amide bonds. The summed E-state index contributed by atoms with van der Waals surface area (Å²) in [5.74, 6) is -0.931. The zero-order valence-corrected chi connectivity index (χ0v) is 17.0. The lowest BCUT2D eigenvalue weighted by Gasteiger charge is -2.21. The van der Waals surface area contributed by atoms with Gasteiger partial charge >= 0.3 is 0 Å². The van der Waals surface area contributed by atoms with Crippen LogP contribution in [0, 0.1) is 16.0 Å². The minimum absolute atomic E-state index is 0.00555. The first kappa shape index (κ1) is 21.5. The molecule has 1 fully saturated rings. The highest BCUT2D eigenvalue weighted by Crippen LogP contribution is 2.25. The maximum Gasteiger partial charge on any atom is 0.272 e. The number of hydrogen-bond acceptors (Lipinski definition) is 4. The van der Waals surface area contributed by atoms with Gasteiger partial charge in [0.15, 0.2) is 0 Å². The maximum atomic E-state index is 12.9. The Hall–Kier alpha value is -3.19. The van der Waals surface area contributed by atoms with Crippen LogP contribution in [0.5, 0.6) is 0 Å². The monoisotopic (exact) mass is 427 g/mol. The van der Waals surface area contributed by atoms with Crippen LogP contribution in [-0.2, 0) is 9.59 Å². The van der Waals surface area contributed by atoms with Crippen LogP contribution < -0.4 is 10.6 Å². The van der Waals surface area contributed by atoms with Gasteiger partial charge in [0.1, 0.15) is 5.70 Å². The van der Waals surface area contributed by atoms with E-state index in [9.17, 15) is 19.7 Å². The van der Waals surface area contributed by atoms with Crippen LogP contribution in [-0.4, -0.2) is 16.7 Å². The lowest BCUT2D eigenvalue weighted by molar-refractivity contribution is -0.384. The predicted octanol–water partition coefficient (Wildman–Crippen LogP) is 4.92. The molecule has 0 saturated heterocycles. The average Bonchev–Trinajstić information content (AvgIpc) is 2.75. The molecule has 0 radical (unpaired) electrons. The molecule has 156 valence electrons. The zero-order valence-electron chi connectivity index (χ0n) is 16.3. The minimum atomic E-state index is -0.557. The predicted molar refractivity (Wildman–Crippen MR) is 116 cm³/mol. The largest absolute Gasteiger partial charge is 0.321 e. The van der Waals surface area contributed by atoms with Gasteiger partial charge in [-0.1, -0.05) is 55.1 Å². The van der Waals surface area contributed by atoms with Gasteiger partial charge < -0.3 is 10.6 Å². The number of carbonyl (C=O) groups excluding carboxylic acids is 2. The number of nitrogens with one attached hydrogen (secondary N) is 2. The lowest BCUT2D eigenvalue weighted by Crippen LogP contribution is -2.35. The average molecular weight is 428 g/mol. The molecule has 30 heavy (non-hydrogen) atoms. The molecule has 2 aromatic rings. The Balaban J connectivity index is 1.88. The van der Waals surface area contributed by atoms with Crippen molar-refractivity contribution in [1.29, 1.82) is 0 Å². The summed E-state index contributed by atoms with van der Waals surface area (Å²) in [5.41, 5.74) is 0.734. The third-order valence-electron chi connectivity index (χ3n) is 4.99. The number of carbonyl (C=O) groups is 2. The van der Waals surface area contributed by atoms with Crippen LogP contribution >= 0.6 is 11.6 Å². The standard InChI is InChI=1S/C22H22ClN3O4/c23-18-11-4-5-12-19(18)24-22(28)20(25-21(27)16-8-2-1-3-9-16)14-15-7-6-10-17(13-15)26(29)30/h4-7,10-14,16H,1-3,8-9H2,(H,24,28)(H,25,27). The molecule has 0 aromatic heterocycles. The van der Waals surface area contributed by atoms with Crippen molar-refractivity contribution in [2.24, 2.45) is 5.92 Å². The van der Waals surface area contributed by atoms with Crippen molar-refractivity contribution in [2.45, 2.75) is 32.1 Å². The Morgan fingerprint density at radius 2 is 1.80 bits per heavy atom. The first-order valence-electron chi connectivity index (χ1n) is 9.77. The molecule has 0 unspecified atom stereocenters. The number of nitro benzene ring substituents is 1. The molecule has 8 heteroatoms. The normalized spacial score (nSPS) is 14.8. The topological polar surface area (TPSA) is 101 Å². The van der Waals surface area contributed by atoms with Crippen molar-refractivity contribution >= 4 is 40.9 Å². The van der Waals surface area contributed by atoms with Gasteiger partial charge in [-0.15, -0.1) is 0 Å². The van der Waals surface area contributed by atoms with Crippen LogP contribution in [0.15, 0.2) is 54.2 Å². The second-order valence-electron chi connectivity index (χ2n) is 7.17. The van der Waals surface area contributed by atoms with Crippen molar-refractivity contribution in [3.8, 4) is 0 Å². The van der Waals surface area contributed by atoms with Gasteiger partial charge in [-0.25, -0.2) is 0 Å². The summed E-state index contributed by atoms with van der Waals surface area (Å²) in [5, 5.41) is 16.8. The Morgan fingerprint density at radius 3 is 2.50 bits per heavy atom. The van der Waals surface area contributed by atoms with Crippen molar-refractivity contribution in [3.63, 3.8) is 0 Å². The van der Waals surface area contributed by atoms with E-state index in [1.807, 2.05) is 0 Å². The first-order chi connectivity index (χ1) is 14.4. The number of anilines is 1. The van der Waals surface area contributed by atoms with Crippen molar-refractivity contribution in [1.82, 2.24) is 5.32 Å². The van der Waals surface area contributed by atoms with E-state index in [-0.39, 0.29) is 23.2 Å². The van der Waals surface area contributed by atoms with E-state index in [0.717, 1.165) is 32.1 Å². The van der Waals surface area contributed by atoms with Crippen LogP contribution in [0.4, 0.5) is 11.4 Å². The highest BCUT2D eigenvalue weighted by Gasteiger charge is 2.24. The highest BCUT2D eigenvalue weighted by atomic mass is 35.5. The SMILES string of the molecule is O=C(Nc1ccccc1Cl)C(=Cc1cccc([N+](=O)[O-])c1)NC(=O)C1CCCCC1. The van der Waals surface area contributed by atoms with Gasteiger partial charge in [0, 0.05) is 18.1 Å². The summed E-state index contributed by atoms with van der Waals surface area (Å²) < 4.78 is 0. The van der Waals surface area contributed by atoms with E-state index in [1.54, 1.807) is 30.3 Å². The third-order valence-corrected chi connectivity index (χ3v) is 5.32. The van der Waals surface area contributed by atoms with Crippen molar-refractivity contribution < 1.29 is 14.5 Å². The van der Waals surface area contributed by atoms with E-state index in [4.69, 9.17) is 11.6 Å². The quantitative estimate of drug-likeness (QED) is 0.388. The molecule has 1 aliphatic carbocycles. The van der Waals surface area contributed by atoms with E-state index < -0.39 is 10.8 Å². The number of para-hydroxylation sites is 1. The fraction of sp³-hybridized carbons (Fsp3) is 0.273. The summed E-state index contributed by atoms with van der Waals surface area (Å²) in [6.45, 7) is 0. The van der Waals surface area contributed by atoms with Gasteiger partial charge in [-0.2, -0.15) is 0 Å². The van der Waals surface area contributed by atoms with Gasteiger partial charge in [-0.05, 0) is 36.6 Å². The molecule has 1 saturated carbocycles. The van der Waals surface area contributed by atoms with Gasteiger partial charge in [0.2, 0.25) is 5.91 Å². The Bertz CT molecular complexity index is 984. The van der Waals surface area contributed by atoms with Crippen LogP contribution in [0.25, 0.3) is 6.08 Å². The fourth-order valence-corrected chi connectivity index (χ4v) is 3.59. The number of hydrogen-bond donors (Lipinski definition) is 2. The second-order valence-corrected chi connectivity index (χ2v) is 7.58. The van der Waals surface area contributed by atoms with E-state index in [1.165, 1.54) is 24.3 Å². The number of nitro groups is 1. The molecule has 7 nitrogen and oxygen atoms in total. The van der Waals surface area contributed by atoms with E-state index in [2.05, 4.69) is 10.6 Å². The maximum absolute atomic E-state index is 12.9. The molecule has 0 spiro atoms. The van der Waals surface area contributed by atoms with Crippen molar-refractivity contribution in [3.05, 3.63) is 74.9 Å². The molecule has 0 heterocycles. The summed E-state index contributed by atoms with van der Waals surface area (Å²) in [6, 6.07) is 12.6. The van der Waals surface area contributed by atoms with Gasteiger partial charge in [0.05, 0.1) is 15.6 Å². The number of halogens is 1. The molecule has 2 N–H and O–H groups in total. The number of non-ortho nitro benzene ring substituents is 1. The molecule has 1 aliphatic rings. The summed E-state index contributed by atoms with van der Waals surface area (Å²) in [6.07, 6.45) is 6.05. The van der Waals surface area contributed by atoms with Crippen LogP contribution in [0.1, 0.15) is 37.7 Å². The molecule has 0 bridgehead atoms. The zero-order chi connectivity index (χ0) is 21.5. The molecule has 0 atom stereocenters. The first-order valence-corrected chi connectivity index (χ1v) is 10.1. The Morgan fingerprint density at radius 1 is 1.07 bits per heavy atom. The fourth-order valence-electron chi connectivity index (χ4n) is 3.41. The molecule has 2 aromatic carbocycles. The van der Waals surface area contributed by atoms with Crippen molar-refractivity contribution in [2.75, 3.05) is 5.32 Å². The number of benzene rings is 2. The highest BCUT2D eigenvalue weighted by molar-refractivity contribution is 6.34. The summed E-state index contributed by atoms with van der Waals surface area (Å²) in [7, 11) is 0. The molecule has 3 rings (SSSR count). The smallest absolute Gasteiger partial charge is 0.272 e. The van der Waals surface area contributed by atoms with Gasteiger partial charge in [0.25, 0.3) is 11.6 Å². The second kappa shape index (κ2) is 10.0. The summed E-state index contributed by atoms with van der Waals surface area (Å²) >= 11 is 6.12. The third kappa shape index (κ3) is 5.67. The Labute approximate surface area is 179 Å². The Kier molecular flexibility index (Phi) is 7.19. The van der Waals surface area contributed by atoms with Crippen LogP contribution in [0.2, 0.25) is 5.02 Å². The minimum Gasteiger partial charge on any atom is -0.321 e. The molecule has 0 aliphatic heterocycles. The number of amides is 2. The summed E-state index contributed by atoms with van der Waals surface area (Å²) in [4.78, 5) is 36.2. The lowest BCUT2D eigenvalue weighted by atomic mass is 9.88. The number of rotatable bonds is 6. The van der Waals surface area contributed by atoms with Crippen LogP contribution in [0.3, 0.4) is 0 Å². The van der Waals surface area contributed by atoms with E-state index in [0.29, 0.717) is 16.3 Å². The molecular weight excluding hydrogens is 406 g/mol. The van der Waals surface area contributed by atoms with E-state index >= 15 is 0 Å². The number of nitrogens with zero attached hydrogens (tertiary/aromatic N) is 1. The van der Waals surface area contributed by atoms with Gasteiger partial charge in [-0.3, -0.25) is 19.7 Å².